The third-order valence-electron chi connectivity index (χ3n) is 1.94. The normalized spacial score (nSPS) is 11.3. The molecule has 0 aliphatic heterocycles. The molecule has 0 radical (unpaired) electrons. The second-order valence-electron chi connectivity index (χ2n) is 2.93. The fourth-order valence-electron chi connectivity index (χ4n) is 1.20. The first kappa shape index (κ1) is 11.8. The molecule has 2 N–H and O–H groups in total. The summed E-state index contributed by atoms with van der Waals surface area (Å²) in [5.74, 6) is -0.0984. The van der Waals surface area contributed by atoms with E-state index in [0.717, 1.165) is 0 Å². The van der Waals surface area contributed by atoms with Crippen LogP contribution in [-0.2, 0) is 15.8 Å². The molecule has 0 aliphatic rings. The molecule has 84 valence electrons. The zero-order valence-corrected chi connectivity index (χ0v) is 9.34. The average molecular weight is 231 g/mol. The molecular weight excluding hydrogens is 218 g/mol. The van der Waals surface area contributed by atoms with Gasteiger partial charge in [-0.3, -0.25) is 0 Å². The summed E-state index contributed by atoms with van der Waals surface area (Å²) in [5.41, 5.74) is 0.423. The van der Waals surface area contributed by atoms with Gasteiger partial charge in [-0.15, -0.1) is 0 Å². The molecule has 0 aliphatic carbocycles. The monoisotopic (exact) mass is 231 g/mol. The van der Waals surface area contributed by atoms with Crippen LogP contribution in [-0.4, -0.2) is 27.7 Å². The molecule has 0 saturated heterocycles. The third kappa shape index (κ3) is 2.84. The Morgan fingerprint density at radius 3 is 2.67 bits per heavy atom. The van der Waals surface area contributed by atoms with Gasteiger partial charge in [-0.05, 0) is 13.1 Å². The van der Waals surface area contributed by atoms with Gasteiger partial charge in [-0.25, -0.2) is 13.1 Å². The number of hydrogen-bond donors (Lipinski definition) is 2. The van der Waals surface area contributed by atoms with Crippen molar-refractivity contribution < 1.29 is 18.3 Å². The van der Waals surface area contributed by atoms with E-state index >= 15 is 0 Å². The lowest BCUT2D eigenvalue weighted by Crippen LogP contribution is -2.20. The molecule has 0 atom stereocenters. The van der Waals surface area contributed by atoms with Crippen LogP contribution in [0.1, 0.15) is 5.56 Å². The van der Waals surface area contributed by atoms with Crippen LogP contribution in [0.15, 0.2) is 18.2 Å². The molecule has 1 rings (SSSR count). The number of aromatic hydroxyl groups is 1. The Kier molecular flexibility index (Phi) is 3.54. The van der Waals surface area contributed by atoms with E-state index in [9.17, 15) is 13.5 Å². The number of ether oxygens (including phenoxy) is 1. The second-order valence-corrected chi connectivity index (χ2v) is 4.86. The first-order valence-corrected chi connectivity index (χ1v) is 5.91. The summed E-state index contributed by atoms with van der Waals surface area (Å²) in [7, 11) is -0.646. The Morgan fingerprint density at radius 2 is 2.13 bits per heavy atom. The molecule has 5 nitrogen and oxygen atoms in total. The van der Waals surface area contributed by atoms with E-state index < -0.39 is 10.0 Å². The van der Waals surface area contributed by atoms with Crippen LogP contribution in [0.4, 0.5) is 0 Å². The number of phenolic OH excluding ortho intramolecular Hbond substituents is 1. The molecule has 1 aromatic rings. The number of sulfonamides is 1. The molecule has 0 heterocycles. The molecule has 0 aromatic heterocycles. The lowest BCUT2D eigenvalue weighted by molar-refractivity contribution is 0.370. The van der Waals surface area contributed by atoms with Crippen molar-refractivity contribution in [1.29, 1.82) is 0 Å². The van der Waals surface area contributed by atoms with Crippen LogP contribution in [0.3, 0.4) is 0 Å². The number of methoxy groups -OCH3 is 1. The van der Waals surface area contributed by atoms with E-state index in [4.69, 9.17) is 4.74 Å². The number of hydrogen-bond acceptors (Lipinski definition) is 4. The van der Waals surface area contributed by atoms with E-state index in [2.05, 4.69) is 4.72 Å². The largest absolute Gasteiger partial charge is 0.504 e. The summed E-state index contributed by atoms with van der Waals surface area (Å²) in [4.78, 5) is 0. The fourth-order valence-corrected chi connectivity index (χ4v) is 1.98. The Bertz CT molecular complexity index is 441. The molecule has 0 unspecified atom stereocenters. The van der Waals surface area contributed by atoms with E-state index in [1.165, 1.54) is 20.2 Å². The maximum absolute atomic E-state index is 11.3. The molecule has 1 aromatic carbocycles. The highest BCUT2D eigenvalue weighted by Crippen LogP contribution is 2.30. The van der Waals surface area contributed by atoms with Gasteiger partial charge in [0.05, 0.1) is 12.9 Å². The van der Waals surface area contributed by atoms with Crippen molar-refractivity contribution in [2.45, 2.75) is 5.75 Å². The topological polar surface area (TPSA) is 75.6 Å². The van der Waals surface area contributed by atoms with Gasteiger partial charge in [-0.2, -0.15) is 0 Å². The third-order valence-corrected chi connectivity index (χ3v) is 3.25. The zero-order valence-electron chi connectivity index (χ0n) is 8.52. The molecule has 15 heavy (non-hydrogen) atoms. The van der Waals surface area contributed by atoms with Gasteiger partial charge >= 0.3 is 0 Å². The Morgan fingerprint density at radius 1 is 1.47 bits per heavy atom. The number of nitrogens with one attached hydrogen (secondary N) is 1. The van der Waals surface area contributed by atoms with Crippen molar-refractivity contribution in [2.75, 3.05) is 14.2 Å². The average Bonchev–Trinajstić information content (AvgIpc) is 2.18. The van der Waals surface area contributed by atoms with E-state index in [1.807, 2.05) is 0 Å². The molecule has 0 spiro atoms. The summed E-state index contributed by atoms with van der Waals surface area (Å²) in [6.07, 6.45) is 0. The van der Waals surface area contributed by atoms with Gasteiger partial charge in [0.2, 0.25) is 10.0 Å². The van der Waals surface area contributed by atoms with Gasteiger partial charge in [0.1, 0.15) is 0 Å². The summed E-state index contributed by atoms with van der Waals surface area (Å²) < 4.78 is 29.7. The summed E-state index contributed by atoms with van der Waals surface area (Å²) in [6, 6.07) is 4.60. The molecule has 0 bridgehead atoms. The Balaban J connectivity index is 3.10. The summed E-state index contributed by atoms with van der Waals surface area (Å²) >= 11 is 0. The lowest BCUT2D eigenvalue weighted by atomic mass is 10.2. The minimum absolute atomic E-state index is 0.0682. The summed E-state index contributed by atoms with van der Waals surface area (Å²) in [5, 5.41) is 9.42. The quantitative estimate of drug-likeness (QED) is 0.789. The van der Waals surface area contributed by atoms with Crippen LogP contribution in [0.2, 0.25) is 0 Å². The lowest BCUT2D eigenvalue weighted by Gasteiger charge is -2.09. The van der Waals surface area contributed by atoms with Crippen molar-refractivity contribution in [1.82, 2.24) is 4.72 Å². The highest BCUT2D eigenvalue weighted by atomic mass is 32.2. The predicted octanol–water partition coefficient (Wildman–Crippen LogP) is 0.450. The van der Waals surface area contributed by atoms with Crippen LogP contribution in [0.25, 0.3) is 0 Å². The van der Waals surface area contributed by atoms with E-state index in [0.29, 0.717) is 5.56 Å². The zero-order chi connectivity index (χ0) is 11.5. The van der Waals surface area contributed by atoms with Gasteiger partial charge in [0.15, 0.2) is 11.5 Å². The van der Waals surface area contributed by atoms with Gasteiger partial charge in [-0.1, -0.05) is 12.1 Å². The minimum atomic E-state index is -3.36. The fraction of sp³-hybridized carbons (Fsp3) is 0.333. The molecule has 6 heteroatoms. The number of benzene rings is 1. The first-order valence-electron chi connectivity index (χ1n) is 4.26. The van der Waals surface area contributed by atoms with Crippen LogP contribution in [0.5, 0.6) is 11.5 Å². The van der Waals surface area contributed by atoms with Crippen molar-refractivity contribution in [3.05, 3.63) is 23.8 Å². The smallest absolute Gasteiger partial charge is 0.215 e. The van der Waals surface area contributed by atoms with Gasteiger partial charge in [0.25, 0.3) is 0 Å². The highest BCUT2D eigenvalue weighted by Gasteiger charge is 2.14. The van der Waals surface area contributed by atoms with E-state index in [-0.39, 0.29) is 17.3 Å². The second kappa shape index (κ2) is 4.50. The first-order chi connectivity index (χ1) is 7.00. The Labute approximate surface area is 88.7 Å². The predicted molar refractivity (Wildman–Crippen MR) is 56.3 cm³/mol. The van der Waals surface area contributed by atoms with Crippen molar-refractivity contribution in [3.63, 3.8) is 0 Å². The maximum Gasteiger partial charge on any atom is 0.215 e. The van der Waals surface area contributed by atoms with E-state index in [1.54, 1.807) is 12.1 Å². The van der Waals surface area contributed by atoms with Crippen LogP contribution >= 0.6 is 0 Å². The molecule has 0 amide bonds. The Hall–Kier alpha value is -1.27. The molecule has 0 fully saturated rings. The standard InChI is InChI=1S/C9H13NO4S/c1-10-15(12,13)6-7-4-3-5-8(11)9(7)14-2/h3-5,10-11H,6H2,1-2H3. The van der Waals surface area contributed by atoms with Crippen molar-refractivity contribution >= 4 is 10.0 Å². The van der Waals surface area contributed by atoms with Crippen LogP contribution < -0.4 is 9.46 Å². The summed E-state index contributed by atoms with van der Waals surface area (Å²) in [6.45, 7) is 0. The number of rotatable bonds is 4. The number of phenols is 1. The molecular formula is C9H13NO4S. The number of para-hydroxylation sites is 1. The van der Waals surface area contributed by atoms with Crippen LogP contribution in [0, 0.1) is 0 Å². The SMILES string of the molecule is CNS(=O)(=O)Cc1cccc(O)c1OC. The minimum Gasteiger partial charge on any atom is -0.504 e. The van der Waals surface area contributed by atoms with Gasteiger partial charge < -0.3 is 9.84 Å². The molecule has 0 saturated carbocycles. The highest BCUT2D eigenvalue weighted by molar-refractivity contribution is 7.88. The maximum atomic E-state index is 11.3. The van der Waals surface area contributed by atoms with Crippen molar-refractivity contribution in [2.24, 2.45) is 0 Å². The van der Waals surface area contributed by atoms with Gasteiger partial charge in [0, 0.05) is 5.56 Å². The van der Waals surface area contributed by atoms with Crippen molar-refractivity contribution in [3.8, 4) is 11.5 Å².